The zero-order chi connectivity index (χ0) is 19.9. The first-order valence-electron chi connectivity index (χ1n) is 10.7. The largest absolute Gasteiger partial charge is 0.486 e. The average Bonchev–Trinajstić information content (AvgIpc) is 2.74. The number of hydrogen-bond donors (Lipinski definition) is 0. The summed E-state index contributed by atoms with van der Waals surface area (Å²) in [5.74, 6) is 0.585. The molecule has 1 aromatic rings. The van der Waals surface area contributed by atoms with Crippen LogP contribution in [0.3, 0.4) is 0 Å². The maximum absolute atomic E-state index is 14.5. The van der Waals surface area contributed by atoms with Crippen molar-refractivity contribution in [2.75, 3.05) is 6.61 Å². The summed E-state index contributed by atoms with van der Waals surface area (Å²) in [5.41, 5.74) is 1.32. The highest BCUT2D eigenvalue weighted by atomic mass is 19.2. The Hall–Kier alpha value is -1.90. The highest BCUT2D eigenvalue weighted by Crippen LogP contribution is 2.42. The van der Waals surface area contributed by atoms with Crippen LogP contribution in [-0.2, 0) is 0 Å². The minimum absolute atomic E-state index is 0.0522. The fourth-order valence-corrected chi connectivity index (χ4v) is 4.87. The van der Waals surface area contributed by atoms with E-state index in [4.69, 9.17) is 4.74 Å². The molecule has 2 aliphatic carbocycles. The molecule has 152 valence electrons. The number of rotatable bonds is 8. The van der Waals surface area contributed by atoms with Gasteiger partial charge >= 0.3 is 0 Å². The van der Waals surface area contributed by atoms with Crippen LogP contribution in [0.4, 0.5) is 8.78 Å². The molecular formula is C25H32F2O. The molecular weight excluding hydrogens is 354 g/mol. The monoisotopic (exact) mass is 386 g/mol. The van der Waals surface area contributed by atoms with Crippen molar-refractivity contribution in [3.05, 3.63) is 60.7 Å². The summed E-state index contributed by atoms with van der Waals surface area (Å²) in [5, 5.41) is 0. The van der Waals surface area contributed by atoms with Gasteiger partial charge in [-0.05, 0) is 80.4 Å². The lowest BCUT2D eigenvalue weighted by atomic mass is 9.70. The van der Waals surface area contributed by atoms with Crippen molar-refractivity contribution in [1.82, 2.24) is 0 Å². The van der Waals surface area contributed by atoms with E-state index in [0.29, 0.717) is 11.5 Å². The second kappa shape index (κ2) is 10.0. The SMILES string of the molecule is C=CCCC1CCC(C2CC=C(c3ccc(OCC=C)c(F)c3F)CC2)CC1. The lowest BCUT2D eigenvalue weighted by molar-refractivity contribution is 0.190. The molecule has 1 aromatic carbocycles. The Morgan fingerprint density at radius 1 is 0.964 bits per heavy atom. The average molecular weight is 387 g/mol. The summed E-state index contributed by atoms with van der Waals surface area (Å²) in [7, 11) is 0. The summed E-state index contributed by atoms with van der Waals surface area (Å²) in [4.78, 5) is 0. The van der Waals surface area contributed by atoms with Gasteiger partial charge in [0, 0.05) is 5.56 Å². The summed E-state index contributed by atoms with van der Waals surface area (Å²) in [6.07, 6.45) is 16.3. The zero-order valence-electron chi connectivity index (χ0n) is 16.8. The van der Waals surface area contributed by atoms with Crippen LogP contribution in [0.15, 0.2) is 43.5 Å². The highest BCUT2D eigenvalue weighted by molar-refractivity contribution is 5.67. The minimum atomic E-state index is -0.903. The lowest BCUT2D eigenvalue weighted by Crippen LogP contribution is -2.23. The molecule has 0 bridgehead atoms. The third kappa shape index (κ3) is 4.92. The van der Waals surface area contributed by atoms with Crippen molar-refractivity contribution in [1.29, 1.82) is 0 Å². The van der Waals surface area contributed by atoms with Crippen molar-refractivity contribution in [2.45, 2.75) is 57.8 Å². The molecule has 1 fully saturated rings. The van der Waals surface area contributed by atoms with Crippen molar-refractivity contribution >= 4 is 5.57 Å². The predicted molar refractivity (Wildman–Crippen MR) is 112 cm³/mol. The molecule has 0 aromatic heterocycles. The highest BCUT2D eigenvalue weighted by Gasteiger charge is 2.29. The van der Waals surface area contributed by atoms with Crippen molar-refractivity contribution in [3.8, 4) is 5.75 Å². The zero-order valence-corrected chi connectivity index (χ0v) is 16.8. The molecule has 2 aliphatic rings. The number of halogens is 2. The van der Waals surface area contributed by atoms with E-state index in [0.717, 1.165) is 43.1 Å². The van der Waals surface area contributed by atoms with E-state index in [1.807, 2.05) is 6.08 Å². The topological polar surface area (TPSA) is 9.23 Å². The third-order valence-corrected chi connectivity index (χ3v) is 6.54. The maximum Gasteiger partial charge on any atom is 0.201 e. The molecule has 1 unspecified atom stereocenters. The molecule has 0 radical (unpaired) electrons. The smallest absolute Gasteiger partial charge is 0.201 e. The van der Waals surface area contributed by atoms with Gasteiger partial charge in [0.1, 0.15) is 6.61 Å². The van der Waals surface area contributed by atoms with Gasteiger partial charge in [-0.15, -0.1) is 6.58 Å². The van der Waals surface area contributed by atoms with Crippen LogP contribution >= 0.6 is 0 Å². The van der Waals surface area contributed by atoms with Gasteiger partial charge in [-0.1, -0.05) is 37.6 Å². The Morgan fingerprint density at radius 2 is 1.75 bits per heavy atom. The molecule has 1 saturated carbocycles. The Bertz CT molecular complexity index is 714. The van der Waals surface area contributed by atoms with Crippen LogP contribution < -0.4 is 4.74 Å². The van der Waals surface area contributed by atoms with Gasteiger partial charge in [0.15, 0.2) is 11.6 Å². The quantitative estimate of drug-likeness (QED) is 0.421. The van der Waals surface area contributed by atoms with Crippen LogP contribution in [0, 0.1) is 29.4 Å². The molecule has 3 heteroatoms. The standard InChI is InChI=1S/C25H32F2O/c1-3-5-6-18-7-9-19(10-8-18)20-11-13-21(14-12-20)22-15-16-23(28-17-4-2)25(27)24(22)26/h3-4,13,15-16,18-20H,1-2,5-12,14,17H2. The maximum atomic E-state index is 14.5. The Labute approximate surface area is 168 Å². The van der Waals surface area contributed by atoms with Crippen LogP contribution in [-0.4, -0.2) is 6.61 Å². The van der Waals surface area contributed by atoms with Gasteiger partial charge in [0.05, 0.1) is 0 Å². The molecule has 3 rings (SSSR count). The second-order valence-electron chi connectivity index (χ2n) is 8.25. The lowest BCUT2D eigenvalue weighted by Gasteiger charge is -2.35. The molecule has 1 atom stereocenters. The Balaban J connectivity index is 1.59. The van der Waals surface area contributed by atoms with Gasteiger partial charge in [-0.2, -0.15) is 4.39 Å². The van der Waals surface area contributed by atoms with E-state index in [1.165, 1.54) is 44.2 Å². The van der Waals surface area contributed by atoms with Crippen molar-refractivity contribution in [2.24, 2.45) is 17.8 Å². The van der Waals surface area contributed by atoms with Crippen molar-refractivity contribution < 1.29 is 13.5 Å². The fourth-order valence-electron chi connectivity index (χ4n) is 4.87. The summed E-state index contributed by atoms with van der Waals surface area (Å²) in [6.45, 7) is 7.52. The molecule has 0 heterocycles. The first-order valence-corrected chi connectivity index (χ1v) is 10.7. The van der Waals surface area contributed by atoms with Gasteiger partial charge in [0.25, 0.3) is 0 Å². The van der Waals surface area contributed by atoms with E-state index >= 15 is 0 Å². The van der Waals surface area contributed by atoms with E-state index in [2.05, 4.69) is 19.2 Å². The van der Waals surface area contributed by atoms with E-state index in [-0.39, 0.29) is 12.4 Å². The van der Waals surface area contributed by atoms with Crippen LogP contribution in [0.25, 0.3) is 5.57 Å². The number of allylic oxidation sites excluding steroid dienone is 3. The van der Waals surface area contributed by atoms with Gasteiger partial charge in [0.2, 0.25) is 5.82 Å². The normalized spacial score (nSPS) is 25.1. The summed E-state index contributed by atoms with van der Waals surface area (Å²) < 4.78 is 34.0. The minimum Gasteiger partial charge on any atom is -0.486 e. The fraction of sp³-hybridized carbons (Fsp3) is 0.520. The molecule has 0 spiro atoms. The molecule has 0 saturated heterocycles. The molecule has 0 N–H and O–H groups in total. The Morgan fingerprint density at radius 3 is 2.39 bits per heavy atom. The first kappa shape index (κ1) is 20.8. The first-order chi connectivity index (χ1) is 13.6. The molecule has 0 amide bonds. The summed E-state index contributed by atoms with van der Waals surface area (Å²) in [6, 6.07) is 3.17. The van der Waals surface area contributed by atoms with E-state index in [1.54, 1.807) is 6.07 Å². The van der Waals surface area contributed by atoms with E-state index in [9.17, 15) is 8.78 Å². The second-order valence-corrected chi connectivity index (χ2v) is 8.25. The van der Waals surface area contributed by atoms with E-state index < -0.39 is 11.6 Å². The van der Waals surface area contributed by atoms with Crippen LogP contribution in [0.2, 0.25) is 0 Å². The van der Waals surface area contributed by atoms with Gasteiger partial charge < -0.3 is 4.74 Å². The van der Waals surface area contributed by atoms with Crippen LogP contribution in [0.1, 0.15) is 63.4 Å². The van der Waals surface area contributed by atoms with Gasteiger partial charge in [-0.25, -0.2) is 4.39 Å². The predicted octanol–water partition coefficient (Wildman–Crippen LogP) is 7.49. The molecule has 1 nitrogen and oxygen atoms in total. The number of ether oxygens (including phenoxy) is 1. The van der Waals surface area contributed by atoms with Crippen molar-refractivity contribution in [3.63, 3.8) is 0 Å². The summed E-state index contributed by atoms with van der Waals surface area (Å²) >= 11 is 0. The third-order valence-electron chi connectivity index (χ3n) is 6.54. The number of benzene rings is 1. The Kier molecular flexibility index (Phi) is 7.47. The van der Waals surface area contributed by atoms with Crippen LogP contribution in [0.5, 0.6) is 5.75 Å². The molecule has 0 aliphatic heterocycles. The van der Waals surface area contributed by atoms with Gasteiger partial charge in [-0.3, -0.25) is 0 Å². The molecule has 28 heavy (non-hydrogen) atoms. The number of hydrogen-bond acceptors (Lipinski definition) is 1.